The average Bonchev–Trinajstić information content (AvgIpc) is 2.34. The van der Waals surface area contributed by atoms with Gasteiger partial charge < -0.3 is 20.1 Å². The molecule has 440 valence electrons. The Bertz CT molecular complexity index is 3720. The molecule has 6 aromatic rings. The zero-order valence-corrected chi connectivity index (χ0v) is 53.5. The Morgan fingerprint density at radius 1 is 0.529 bits per heavy atom. The number of aliphatic hydroxyl groups excluding tert-OH is 3. The molecule has 0 unspecified atom stereocenters. The number of benzene rings is 6. The summed E-state index contributed by atoms with van der Waals surface area (Å²) in [6.07, 6.45) is 22.7. The molecule has 3 saturated carbocycles. The zero-order valence-electron chi connectivity index (χ0n) is 52.5. The number of aliphatic hydroxyl groups is 3. The summed E-state index contributed by atoms with van der Waals surface area (Å²) in [4.78, 5) is 0. The SMILES string of the molecule is COc1ccc(C)c(CCC2=C3C[C@@H](O)C[C@@]3(C)CC([Si](C)(C)C)=C2c2ccccc2)c1.Cc1ccc2c(c1)CCC1=C3C[C@@H](O)C[C@@]3(C)C=C[C@]12Cc1ccccc1.Cc1ccc2c(c1)CCC1=C3C[C@@H](O)C[C@@]3(C)C=C[C@]12c1ccccc1. The van der Waals surface area contributed by atoms with Gasteiger partial charge in [0.25, 0.3) is 0 Å². The van der Waals surface area contributed by atoms with E-state index in [-0.39, 0.29) is 45.4 Å². The molecule has 0 bridgehead atoms. The second-order valence-corrected chi connectivity index (χ2v) is 33.8. The van der Waals surface area contributed by atoms with E-state index in [2.05, 4.69) is 225 Å². The Morgan fingerprint density at radius 2 is 1.08 bits per heavy atom. The maximum absolute atomic E-state index is 10.7. The van der Waals surface area contributed by atoms with Crippen molar-refractivity contribution < 1.29 is 20.1 Å². The predicted octanol–water partition coefficient (Wildman–Crippen LogP) is 17.8. The summed E-state index contributed by atoms with van der Waals surface area (Å²) in [5, 5.41) is 33.3. The van der Waals surface area contributed by atoms with Crippen LogP contribution in [-0.2, 0) is 36.5 Å². The van der Waals surface area contributed by atoms with Crippen LogP contribution in [0, 0.1) is 37.0 Å². The summed E-state index contributed by atoms with van der Waals surface area (Å²) in [7, 11) is 0.175. The molecule has 8 aliphatic rings. The minimum Gasteiger partial charge on any atom is -0.497 e. The van der Waals surface area contributed by atoms with E-state index in [0.29, 0.717) is 0 Å². The van der Waals surface area contributed by atoms with Crippen LogP contribution in [0.3, 0.4) is 0 Å². The first kappa shape index (κ1) is 59.0. The largest absolute Gasteiger partial charge is 0.497 e. The van der Waals surface area contributed by atoms with Crippen LogP contribution in [0.15, 0.2) is 209 Å². The molecule has 8 aliphatic carbocycles. The number of aryl methyl sites for hydroxylation is 6. The normalized spacial score (nSPS) is 28.7. The zero-order chi connectivity index (χ0) is 59.7. The maximum atomic E-state index is 10.7. The number of fused-ring (bicyclic) bond motifs is 9. The molecule has 4 nitrogen and oxygen atoms in total. The van der Waals surface area contributed by atoms with Gasteiger partial charge in [-0.3, -0.25) is 0 Å². The van der Waals surface area contributed by atoms with Gasteiger partial charge in [-0.1, -0.05) is 242 Å². The van der Waals surface area contributed by atoms with Crippen molar-refractivity contribution in [1.29, 1.82) is 0 Å². The van der Waals surface area contributed by atoms with Crippen molar-refractivity contribution in [3.63, 3.8) is 0 Å². The van der Waals surface area contributed by atoms with Gasteiger partial charge in [0.15, 0.2) is 0 Å². The fourth-order valence-corrected chi connectivity index (χ4v) is 19.5. The van der Waals surface area contributed by atoms with Crippen molar-refractivity contribution in [3.05, 3.63) is 270 Å². The highest BCUT2D eigenvalue weighted by Crippen LogP contribution is 2.61. The minimum absolute atomic E-state index is 0.0230. The molecule has 3 fully saturated rings. The topological polar surface area (TPSA) is 69.9 Å². The van der Waals surface area contributed by atoms with E-state index in [0.717, 1.165) is 95.6 Å². The first-order valence-electron chi connectivity index (χ1n) is 32.0. The standard InChI is InChI=1S/C29H38O2Si.C26H28O.C25H26O/c1-20-12-14-24(31-3)16-22(20)13-15-25-26-17-23(30)18-29(26,2)19-27(32(4,5)6)28(25)21-10-8-7-9-11-21;1-18-8-10-22-20(14-18)9-11-23-24-15-21(27)17-25(24,2)12-13-26(22,23)16-19-6-4-3-5-7-19;1-17-8-10-21-18(14-17)9-11-22-23-15-20(26)16-24(23,2)12-13-25(21,22)19-6-4-3-5-7-19/h7-12,14,16,23,30H,13,15,17-19H2,1-6H3;3-8,10,12-14,21,27H,9,11,15-17H2,1-2H3;3-8,10,12-14,20,26H,9,11,15-16H2,1-2H3/t23-,29+;21-,25-,26-;20-,24-,25-/m111/s1. The van der Waals surface area contributed by atoms with Gasteiger partial charge in [0.1, 0.15) is 5.75 Å². The van der Waals surface area contributed by atoms with Gasteiger partial charge in [-0.15, -0.1) is 0 Å². The highest BCUT2D eigenvalue weighted by Gasteiger charge is 2.52. The van der Waals surface area contributed by atoms with Crippen molar-refractivity contribution in [2.24, 2.45) is 16.2 Å². The van der Waals surface area contributed by atoms with Crippen LogP contribution in [0.2, 0.25) is 19.6 Å². The fourth-order valence-electron chi connectivity index (χ4n) is 17.5. The molecule has 8 atom stereocenters. The molecule has 6 aromatic carbocycles. The van der Waals surface area contributed by atoms with Crippen molar-refractivity contribution in [1.82, 2.24) is 0 Å². The summed E-state index contributed by atoms with van der Waals surface area (Å²) in [6.45, 7) is 21.0. The smallest absolute Gasteiger partial charge is 0.119 e. The number of hydrogen-bond donors (Lipinski definition) is 3. The molecule has 0 aromatic heterocycles. The van der Waals surface area contributed by atoms with Crippen molar-refractivity contribution in [2.45, 2.75) is 180 Å². The number of allylic oxidation sites excluding steroid dienone is 9. The van der Waals surface area contributed by atoms with Crippen molar-refractivity contribution in [3.8, 4) is 5.75 Å². The van der Waals surface area contributed by atoms with E-state index >= 15 is 0 Å². The Morgan fingerprint density at radius 3 is 1.72 bits per heavy atom. The fraction of sp³-hybridized carbons (Fsp3) is 0.400. The molecule has 0 heterocycles. The van der Waals surface area contributed by atoms with Crippen LogP contribution in [0.1, 0.15) is 146 Å². The van der Waals surface area contributed by atoms with Gasteiger partial charge in [0.2, 0.25) is 0 Å². The second-order valence-electron chi connectivity index (χ2n) is 28.7. The molecule has 0 aliphatic heterocycles. The molecule has 5 heteroatoms. The molecule has 0 amide bonds. The Labute approximate surface area is 509 Å². The van der Waals surface area contributed by atoms with Gasteiger partial charge in [-0.05, 0) is 189 Å². The van der Waals surface area contributed by atoms with Crippen LogP contribution in [0.5, 0.6) is 5.75 Å². The average molecular weight is 1150 g/mol. The maximum Gasteiger partial charge on any atom is 0.119 e. The van der Waals surface area contributed by atoms with E-state index in [4.69, 9.17) is 4.74 Å². The molecular formula is C80H92O4Si. The highest BCUT2D eigenvalue weighted by atomic mass is 28.3. The number of rotatable bonds is 9. The number of hydrogen-bond acceptors (Lipinski definition) is 4. The highest BCUT2D eigenvalue weighted by molar-refractivity contribution is 6.84. The van der Waals surface area contributed by atoms with Crippen LogP contribution in [0.25, 0.3) is 5.57 Å². The van der Waals surface area contributed by atoms with Crippen molar-refractivity contribution >= 4 is 13.6 Å². The lowest BCUT2D eigenvalue weighted by Gasteiger charge is -2.46. The summed E-state index contributed by atoms with van der Waals surface area (Å²) >= 11 is 0. The molecule has 14 rings (SSSR count). The Hall–Kier alpha value is -6.34. The van der Waals surface area contributed by atoms with Crippen LogP contribution in [0.4, 0.5) is 0 Å². The molecule has 85 heavy (non-hydrogen) atoms. The second kappa shape index (κ2) is 22.7. The van der Waals surface area contributed by atoms with Gasteiger partial charge >= 0.3 is 0 Å². The van der Waals surface area contributed by atoms with Gasteiger partial charge in [-0.25, -0.2) is 0 Å². The quantitative estimate of drug-likeness (QED) is 0.0997. The molecular weight excluding hydrogens is 1050 g/mol. The Balaban J connectivity index is 0.000000126. The van der Waals surface area contributed by atoms with E-state index < -0.39 is 8.07 Å². The number of ether oxygens (including phenoxy) is 1. The third kappa shape index (κ3) is 10.8. The molecule has 0 spiro atoms. The van der Waals surface area contributed by atoms with Crippen LogP contribution in [-0.4, -0.2) is 48.8 Å². The summed E-state index contributed by atoms with van der Waals surface area (Å²) in [5.74, 6) is 0.926. The van der Waals surface area contributed by atoms with Gasteiger partial charge in [0.05, 0.1) is 38.9 Å². The summed E-state index contributed by atoms with van der Waals surface area (Å²) in [6, 6.07) is 53.2. The Kier molecular flexibility index (Phi) is 15.8. The van der Waals surface area contributed by atoms with E-state index in [1.165, 1.54) is 89.1 Å². The van der Waals surface area contributed by atoms with E-state index in [1.807, 2.05) is 6.07 Å². The molecule has 3 N–H and O–H groups in total. The van der Waals surface area contributed by atoms with Gasteiger partial charge in [0, 0.05) is 16.2 Å². The first-order valence-corrected chi connectivity index (χ1v) is 35.5. The minimum atomic E-state index is -1.56. The van der Waals surface area contributed by atoms with Crippen LogP contribution >= 0.6 is 0 Å². The van der Waals surface area contributed by atoms with Gasteiger partial charge in [-0.2, -0.15) is 0 Å². The number of methoxy groups -OCH3 is 1. The lowest BCUT2D eigenvalue weighted by molar-refractivity contribution is 0.164. The lowest BCUT2D eigenvalue weighted by atomic mass is 9.57. The molecule has 0 radical (unpaired) electrons. The monoisotopic (exact) mass is 1140 g/mol. The van der Waals surface area contributed by atoms with E-state index in [1.54, 1.807) is 23.5 Å². The molecule has 0 saturated heterocycles. The third-order valence-electron chi connectivity index (χ3n) is 21.6. The third-order valence-corrected chi connectivity index (χ3v) is 23.8. The van der Waals surface area contributed by atoms with E-state index in [9.17, 15) is 15.3 Å². The first-order chi connectivity index (χ1) is 40.6. The van der Waals surface area contributed by atoms with Crippen LogP contribution < -0.4 is 4.74 Å². The predicted molar refractivity (Wildman–Crippen MR) is 355 cm³/mol. The summed E-state index contributed by atoms with van der Waals surface area (Å²) < 4.78 is 5.50. The van der Waals surface area contributed by atoms with Crippen molar-refractivity contribution in [2.75, 3.05) is 7.11 Å². The lowest BCUT2D eigenvalue weighted by Crippen LogP contribution is -2.39. The summed E-state index contributed by atoms with van der Waals surface area (Å²) in [5.41, 5.74) is 25.9.